The van der Waals surface area contributed by atoms with Crippen molar-refractivity contribution in [2.45, 2.75) is 71.6 Å². The van der Waals surface area contributed by atoms with Crippen molar-refractivity contribution in [3.05, 3.63) is 0 Å². The topological polar surface area (TPSA) is 29.5 Å². The molecule has 0 aliphatic heterocycles. The van der Waals surface area contributed by atoms with E-state index in [1.54, 1.807) is 0 Å². The van der Waals surface area contributed by atoms with E-state index in [0.717, 1.165) is 32.0 Å². The molecular weight excluding hydrogens is 219 g/mol. The Labute approximate surface area is 103 Å². The summed E-state index contributed by atoms with van der Waals surface area (Å²) in [6, 6.07) is 0. The van der Waals surface area contributed by atoms with Crippen molar-refractivity contribution in [3.63, 3.8) is 0 Å². The van der Waals surface area contributed by atoms with E-state index in [1.165, 1.54) is 38.5 Å². The molecule has 98 valence electrons. The van der Waals surface area contributed by atoms with E-state index >= 15 is 0 Å². The second-order valence-corrected chi connectivity index (χ2v) is 5.79. The number of unbranched alkanes of at least 4 members (excludes halogenated alkanes) is 7. The van der Waals surface area contributed by atoms with Gasteiger partial charge in [-0.3, -0.25) is 0 Å². The summed E-state index contributed by atoms with van der Waals surface area (Å²) in [6.45, 7) is 5.11. The molecule has 0 saturated carbocycles. The molecule has 1 unspecified atom stereocenters. The summed E-state index contributed by atoms with van der Waals surface area (Å²) < 4.78 is 5.35. The zero-order chi connectivity index (χ0) is 12.1. The molecule has 0 saturated heterocycles. The van der Waals surface area contributed by atoms with E-state index < -0.39 is 8.38 Å². The molecule has 0 spiro atoms. The van der Waals surface area contributed by atoms with Gasteiger partial charge in [-0.25, -0.2) is 0 Å². The van der Waals surface area contributed by atoms with Crippen molar-refractivity contribution in [1.29, 1.82) is 0 Å². The summed E-state index contributed by atoms with van der Waals surface area (Å²) in [5.41, 5.74) is 0. The maximum absolute atomic E-state index is 9.56. The molecule has 1 N–H and O–H groups in total. The van der Waals surface area contributed by atoms with Crippen LogP contribution in [0.4, 0.5) is 0 Å². The molecule has 2 nitrogen and oxygen atoms in total. The zero-order valence-corrected chi connectivity index (χ0v) is 12.0. The average molecular weight is 248 g/mol. The average Bonchev–Trinajstić information content (AvgIpc) is 2.28. The Morgan fingerprint density at radius 2 is 1.38 bits per heavy atom. The second kappa shape index (κ2) is 13.4. The molecule has 0 radical (unpaired) electrons. The highest BCUT2D eigenvalue weighted by Gasteiger charge is 2.03. The van der Waals surface area contributed by atoms with Crippen LogP contribution < -0.4 is 0 Å². The molecule has 0 heterocycles. The number of hydrogen-bond donors (Lipinski definition) is 1. The molecule has 0 bridgehead atoms. The Kier molecular flexibility index (Phi) is 13.7. The molecule has 16 heavy (non-hydrogen) atoms. The van der Waals surface area contributed by atoms with Crippen LogP contribution in [0.15, 0.2) is 0 Å². The van der Waals surface area contributed by atoms with Gasteiger partial charge in [-0.05, 0) is 12.8 Å². The SMILES string of the molecule is CCCCCCCCCP(O)OCCCC. The lowest BCUT2D eigenvalue weighted by Crippen LogP contribution is -1.92. The highest BCUT2D eigenvalue weighted by molar-refractivity contribution is 7.46. The van der Waals surface area contributed by atoms with Gasteiger partial charge in [0.05, 0.1) is 6.61 Å². The lowest BCUT2D eigenvalue weighted by molar-refractivity contribution is 0.302. The first-order valence-corrected chi connectivity index (χ1v) is 8.30. The van der Waals surface area contributed by atoms with Gasteiger partial charge in [0, 0.05) is 6.16 Å². The van der Waals surface area contributed by atoms with Crippen molar-refractivity contribution in [2.24, 2.45) is 0 Å². The van der Waals surface area contributed by atoms with Crippen LogP contribution in [0.2, 0.25) is 0 Å². The molecule has 0 amide bonds. The van der Waals surface area contributed by atoms with Gasteiger partial charge in [0.15, 0.2) is 8.38 Å². The maximum Gasteiger partial charge on any atom is 0.167 e. The van der Waals surface area contributed by atoms with Gasteiger partial charge in [-0.1, -0.05) is 58.8 Å². The smallest absolute Gasteiger partial charge is 0.167 e. The fourth-order valence-corrected chi connectivity index (χ4v) is 2.55. The van der Waals surface area contributed by atoms with E-state index in [1.807, 2.05) is 0 Å². The van der Waals surface area contributed by atoms with Crippen LogP contribution in [-0.2, 0) is 4.52 Å². The van der Waals surface area contributed by atoms with Gasteiger partial charge in [0.1, 0.15) is 0 Å². The molecule has 0 aliphatic carbocycles. The Morgan fingerprint density at radius 3 is 2.00 bits per heavy atom. The third kappa shape index (κ3) is 12.4. The number of hydrogen-bond acceptors (Lipinski definition) is 2. The van der Waals surface area contributed by atoms with Crippen LogP contribution in [0, 0.1) is 0 Å². The molecule has 0 aromatic heterocycles. The molecule has 3 heteroatoms. The molecule has 0 fully saturated rings. The maximum atomic E-state index is 9.56. The molecule has 0 aromatic rings. The van der Waals surface area contributed by atoms with Crippen molar-refractivity contribution >= 4 is 8.38 Å². The minimum Gasteiger partial charge on any atom is -0.350 e. The quantitative estimate of drug-likeness (QED) is 0.395. The zero-order valence-electron chi connectivity index (χ0n) is 11.1. The second-order valence-electron chi connectivity index (χ2n) is 4.38. The first-order valence-electron chi connectivity index (χ1n) is 6.90. The largest absolute Gasteiger partial charge is 0.350 e. The molecule has 0 aliphatic rings. The lowest BCUT2D eigenvalue weighted by atomic mass is 10.1. The van der Waals surface area contributed by atoms with Crippen LogP contribution in [0.3, 0.4) is 0 Å². The Morgan fingerprint density at radius 1 is 0.812 bits per heavy atom. The molecule has 0 rings (SSSR count). The van der Waals surface area contributed by atoms with Gasteiger partial charge in [0.2, 0.25) is 0 Å². The summed E-state index contributed by atoms with van der Waals surface area (Å²) in [4.78, 5) is 9.56. The summed E-state index contributed by atoms with van der Waals surface area (Å²) in [5.74, 6) is 0. The molecule has 1 atom stereocenters. The van der Waals surface area contributed by atoms with E-state index in [2.05, 4.69) is 13.8 Å². The van der Waals surface area contributed by atoms with Crippen molar-refractivity contribution < 1.29 is 9.42 Å². The minimum atomic E-state index is -1.12. The Hall–Kier alpha value is 0.350. The standard InChI is InChI=1S/C13H29O2P/c1-3-5-7-8-9-10-11-13-16(14)15-12-6-4-2/h14H,3-13H2,1-2H3. The van der Waals surface area contributed by atoms with E-state index in [0.29, 0.717) is 0 Å². The highest BCUT2D eigenvalue weighted by atomic mass is 31.2. The molecular formula is C13H29O2P. The van der Waals surface area contributed by atoms with Crippen LogP contribution in [0.5, 0.6) is 0 Å². The first-order chi connectivity index (χ1) is 7.81. The minimum absolute atomic E-state index is 0.731. The fourth-order valence-electron chi connectivity index (χ4n) is 1.58. The third-order valence-electron chi connectivity index (χ3n) is 2.69. The normalized spacial score (nSPS) is 12.9. The fraction of sp³-hybridized carbons (Fsp3) is 1.00. The summed E-state index contributed by atoms with van der Waals surface area (Å²) >= 11 is 0. The van der Waals surface area contributed by atoms with E-state index in [4.69, 9.17) is 4.52 Å². The van der Waals surface area contributed by atoms with Crippen LogP contribution >= 0.6 is 8.38 Å². The summed E-state index contributed by atoms with van der Waals surface area (Å²) in [5, 5.41) is 0. The van der Waals surface area contributed by atoms with E-state index in [9.17, 15) is 4.89 Å². The lowest BCUT2D eigenvalue weighted by Gasteiger charge is -2.10. The van der Waals surface area contributed by atoms with Gasteiger partial charge < -0.3 is 9.42 Å². The van der Waals surface area contributed by atoms with Gasteiger partial charge in [-0.2, -0.15) is 0 Å². The summed E-state index contributed by atoms with van der Waals surface area (Å²) in [6.07, 6.45) is 12.2. The van der Waals surface area contributed by atoms with Crippen LogP contribution in [0.1, 0.15) is 71.6 Å². The van der Waals surface area contributed by atoms with Crippen LogP contribution in [0.25, 0.3) is 0 Å². The van der Waals surface area contributed by atoms with Gasteiger partial charge in [-0.15, -0.1) is 0 Å². The van der Waals surface area contributed by atoms with Crippen molar-refractivity contribution in [1.82, 2.24) is 0 Å². The predicted octanol–water partition coefficient (Wildman–Crippen LogP) is 4.86. The first kappa shape index (κ1) is 16.4. The van der Waals surface area contributed by atoms with Crippen molar-refractivity contribution in [3.8, 4) is 0 Å². The number of rotatable bonds is 12. The van der Waals surface area contributed by atoms with Gasteiger partial charge >= 0.3 is 0 Å². The van der Waals surface area contributed by atoms with Gasteiger partial charge in [0.25, 0.3) is 0 Å². The van der Waals surface area contributed by atoms with E-state index in [-0.39, 0.29) is 0 Å². The van der Waals surface area contributed by atoms with Crippen molar-refractivity contribution in [2.75, 3.05) is 12.8 Å². The molecule has 0 aromatic carbocycles. The highest BCUT2D eigenvalue weighted by Crippen LogP contribution is 2.32. The Bertz CT molecular complexity index is 131. The third-order valence-corrected chi connectivity index (χ3v) is 3.87. The monoisotopic (exact) mass is 248 g/mol. The predicted molar refractivity (Wildman–Crippen MR) is 72.9 cm³/mol. The summed E-state index contributed by atoms with van der Waals surface area (Å²) in [7, 11) is -1.12. The Balaban J connectivity index is 3.06. The van der Waals surface area contributed by atoms with Crippen LogP contribution in [-0.4, -0.2) is 17.7 Å².